The molecule has 4 rings (SSSR count). The maximum atomic E-state index is 12.6. The summed E-state index contributed by atoms with van der Waals surface area (Å²) in [7, 11) is 0. The van der Waals surface area contributed by atoms with Crippen LogP contribution in [-0.2, 0) is 13.0 Å². The lowest BCUT2D eigenvalue weighted by Gasteiger charge is -2.08. The van der Waals surface area contributed by atoms with E-state index in [9.17, 15) is 4.79 Å². The predicted molar refractivity (Wildman–Crippen MR) is 109 cm³/mol. The summed E-state index contributed by atoms with van der Waals surface area (Å²) in [6, 6.07) is 19.4. The summed E-state index contributed by atoms with van der Waals surface area (Å²) >= 11 is 7.74. The van der Waals surface area contributed by atoms with Gasteiger partial charge in [-0.2, -0.15) is 0 Å². The Morgan fingerprint density at radius 1 is 1.00 bits per heavy atom. The number of rotatable bonds is 5. The van der Waals surface area contributed by atoms with Crippen molar-refractivity contribution in [1.29, 1.82) is 0 Å². The van der Waals surface area contributed by atoms with E-state index in [0.29, 0.717) is 18.0 Å². The van der Waals surface area contributed by atoms with Crippen molar-refractivity contribution in [2.45, 2.75) is 13.0 Å². The fourth-order valence-electron chi connectivity index (χ4n) is 2.83. The topological polar surface area (TPSA) is 54.9 Å². The van der Waals surface area contributed by atoms with Crippen molar-refractivity contribution in [3.8, 4) is 0 Å². The Bertz CT molecular complexity index is 1090. The Hall–Kier alpha value is -2.76. The molecule has 1 amide bonds. The number of aromatic nitrogens is 2. The average Bonchev–Trinajstić information content (AvgIpc) is 3.17. The van der Waals surface area contributed by atoms with Crippen molar-refractivity contribution in [3.05, 3.63) is 93.7 Å². The molecule has 1 N–H and O–H groups in total. The smallest absolute Gasteiger partial charge is 0.289 e. The minimum Gasteiger partial charge on any atom is -0.345 e. The van der Waals surface area contributed by atoms with Gasteiger partial charge in [-0.15, -0.1) is 11.3 Å². The van der Waals surface area contributed by atoms with E-state index in [4.69, 9.17) is 11.6 Å². The van der Waals surface area contributed by atoms with Crippen LogP contribution >= 0.6 is 22.9 Å². The predicted octanol–water partition coefficient (Wildman–Crippen LogP) is 4.87. The molecule has 4 nitrogen and oxygen atoms in total. The van der Waals surface area contributed by atoms with Gasteiger partial charge in [-0.25, -0.2) is 9.97 Å². The van der Waals surface area contributed by atoms with Crippen LogP contribution in [0.4, 0.5) is 0 Å². The van der Waals surface area contributed by atoms with Gasteiger partial charge in [0, 0.05) is 18.0 Å². The number of amides is 1. The summed E-state index contributed by atoms with van der Waals surface area (Å²) in [5, 5.41) is 5.45. The van der Waals surface area contributed by atoms with Crippen molar-refractivity contribution in [2.24, 2.45) is 0 Å². The monoisotopic (exact) mass is 393 g/mol. The van der Waals surface area contributed by atoms with Gasteiger partial charge in [0.15, 0.2) is 0 Å². The molecule has 2 heterocycles. The van der Waals surface area contributed by atoms with Gasteiger partial charge in [0.1, 0.15) is 0 Å². The van der Waals surface area contributed by atoms with E-state index in [0.717, 1.165) is 27.0 Å². The summed E-state index contributed by atoms with van der Waals surface area (Å²) < 4.78 is 1.02. The standard InChI is InChI=1S/C21H16ClN3OS/c22-16-9-5-4-8-15(16)13-23-21(26)20-24-17-10-11-27-19(17)18(25-20)12-14-6-2-1-3-7-14/h1-11H,12-13H2,(H,23,26). The van der Waals surface area contributed by atoms with Crippen LogP contribution in [0.2, 0.25) is 5.02 Å². The summed E-state index contributed by atoms with van der Waals surface area (Å²) in [6.45, 7) is 0.331. The lowest BCUT2D eigenvalue weighted by Crippen LogP contribution is -2.25. The number of carbonyl (C=O) groups is 1. The van der Waals surface area contributed by atoms with E-state index in [1.54, 1.807) is 17.4 Å². The third kappa shape index (κ3) is 3.99. The number of benzene rings is 2. The Morgan fingerprint density at radius 3 is 2.59 bits per heavy atom. The zero-order chi connectivity index (χ0) is 18.6. The molecule has 0 unspecified atom stereocenters. The second-order valence-electron chi connectivity index (χ2n) is 6.07. The minimum absolute atomic E-state index is 0.180. The van der Waals surface area contributed by atoms with Crippen LogP contribution in [-0.4, -0.2) is 15.9 Å². The molecule has 0 atom stereocenters. The number of nitrogens with zero attached hydrogens (tertiary/aromatic N) is 2. The largest absolute Gasteiger partial charge is 0.345 e. The molecule has 0 aliphatic heterocycles. The molecule has 0 saturated carbocycles. The molecule has 2 aromatic carbocycles. The van der Waals surface area contributed by atoms with Crippen LogP contribution < -0.4 is 5.32 Å². The molecule has 2 aromatic heterocycles. The molecule has 0 fully saturated rings. The van der Waals surface area contributed by atoms with Crippen molar-refractivity contribution in [3.63, 3.8) is 0 Å². The molecule has 134 valence electrons. The number of carbonyl (C=O) groups excluding carboxylic acids is 1. The molecule has 6 heteroatoms. The fourth-order valence-corrected chi connectivity index (χ4v) is 3.85. The molecule has 0 spiro atoms. The third-order valence-corrected chi connectivity index (χ3v) is 5.51. The van der Waals surface area contributed by atoms with E-state index in [1.807, 2.05) is 47.8 Å². The van der Waals surface area contributed by atoms with Gasteiger partial charge in [-0.05, 0) is 28.6 Å². The summed E-state index contributed by atoms with van der Waals surface area (Å²) in [5.74, 6) is -0.129. The van der Waals surface area contributed by atoms with Gasteiger partial charge in [0.05, 0.1) is 15.9 Å². The second-order valence-corrected chi connectivity index (χ2v) is 7.39. The zero-order valence-corrected chi connectivity index (χ0v) is 15.9. The third-order valence-electron chi connectivity index (χ3n) is 4.19. The maximum absolute atomic E-state index is 12.6. The van der Waals surface area contributed by atoms with E-state index in [2.05, 4.69) is 27.4 Å². The lowest BCUT2D eigenvalue weighted by molar-refractivity contribution is 0.0940. The number of thiophene rings is 1. The van der Waals surface area contributed by atoms with E-state index >= 15 is 0 Å². The van der Waals surface area contributed by atoms with Crippen LogP contribution in [0.1, 0.15) is 27.4 Å². The molecule has 0 aliphatic rings. The Kier molecular flexibility index (Phi) is 5.14. The first-order chi connectivity index (χ1) is 13.2. The SMILES string of the molecule is O=C(NCc1ccccc1Cl)c1nc(Cc2ccccc2)c2sccc2n1. The van der Waals surface area contributed by atoms with E-state index < -0.39 is 0 Å². The maximum Gasteiger partial charge on any atom is 0.289 e. The van der Waals surface area contributed by atoms with Gasteiger partial charge in [0.25, 0.3) is 5.91 Å². The zero-order valence-electron chi connectivity index (χ0n) is 14.4. The first kappa shape index (κ1) is 17.6. The first-order valence-corrected chi connectivity index (χ1v) is 9.76. The summed E-state index contributed by atoms with van der Waals surface area (Å²) in [5.41, 5.74) is 3.66. The van der Waals surface area contributed by atoms with Crippen LogP contribution in [0, 0.1) is 0 Å². The number of fused-ring (bicyclic) bond motifs is 1. The Morgan fingerprint density at radius 2 is 1.78 bits per heavy atom. The van der Waals surface area contributed by atoms with Gasteiger partial charge in [0.2, 0.25) is 5.82 Å². The number of hydrogen-bond donors (Lipinski definition) is 1. The van der Waals surface area contributed by atoms with Gasteiger partial charge < -0.3 is 5.32 Å². The molecule has 27 heavy (non-hydrogen) atoms. The minimum atomic E-state index is -0.308. The van der Waals surface area contributed by atoms with Crippen molar-refractivity contribution >= 4 is 39.1 Å². The summed E-state index contributed by atoms with van der Waals surface area (Å²) in [4.78, 5) is 21.6. The van der Waals surface area contributed by atoms with Crippen LogP contribution in [0.5, 0.6) is 0 Å². The van der Waals surface area contributed by atoms with Crippen molar-refractivity contribution in [2.75, 3.05) is 0 Å². The first-order valence-electron chi connectivity index (χ1n) is 8.50. The van der Waals surface area contributed by atoms with Crippen LogP contribution in [0.3, 0.4) is 0 Å². The van der Waals surface area contributed by atoms with Crippen molar-refractivity contribution in [1.82, 2.24) is 15.3 Å². The van der Waals surface area contributed by atoms with Crippen molar-refractivity contribution < 1.29 is 4.79 Å². The second kappa shape index (κ2) is 7.86. The highest BCUT2D eigenvalue weighted by Crippen LogP contribution is 2.24. The lowest BCUT2D eigenvalue weighted by atomic mass is 10.1. The Labute approximate surface area is 165 Å². The highest BCUT2D eigenvalue weighted by atomic mass is 35.5. The van der Waals surface area contributed by atoms with Gasteiger partial charge in [-0.1, -0.05) is 60.1 Å². The molecular weight excluding hydrogens is 378 g/mol. The number of halogens is 1. The highest BCUT2D eigenvalue weighted by Gasteiger charge is 2.15. The quantitative estimate of drug-likeness (QED) is 0.526. The Balaban J connectivity index is 1.60. The van der Waals surface area contributed by atoms with E-state index in [1.165, 1.54) is 0 Å². The van der Waals surface area contributed by atoms with Crippen LogP contribution in [0.25, 0.3) is 10.2 Å². The fraction of sp³-hybridized carbons (Fsp3) is 0.0952. The normalized spacial score (nSPS) is 10.9. The number of hydrogen-bond acceptors (Lipinski definition) is 4. The van der Waals surface area contributed by atoms with Gasteiger partial charge >= 0.3 is 0 Å². The average molecular weight is 394 g/mol. The summed E-state index contributed by atoms with van der Waals surface area (Å²) in [6.07, 6.45) is 0.658. The molecule has 0 aliphatic carbocycles. The molecule has 0 radical (unpaired) electrons. The highest BCUT2D eigenvalue weighted by molar-refractivity contribution is 7.17. The van der Waals surface area contributed by atoms with Crippen LogP contribution in [0.15, 0.2) is 66.0 Å². The van der Waals surface area contributed by atoms with E-state index in [-0.39, 0.29) is 11.7 Å². The molecular formula is C21H16ClN3OS. The van der Waals surface area contributed by atoms with Gasteiger partial charge in [-0.3, -0.25) is 4.79 Å². The molecule has 4 aromatic rings. The molecule has 0 saturated heterocycles. The number of nitrogens with one attached hydrogen (secondary N) is 1. The molecule has 0 bridgehead atoms.